The highest BCUT2D eigenvalue weighted by molar-refractivity contribution is 7.97. The first kappa shape index (κ1) is 25.3. The van der Waals surface area contributed by atoms with E-state index in [2.05, 4.69) is 33.9 Å². The Kier molecular flexibility index (Phi) is 5.95. The molecule has 0 radical (unpaired) electrons. The van der Waals surface area contributed by atoms with Crippen molar-refractivity contribution in [1.82, 2.24) is 20.1 Å². The minimum Gasteiger partial charge on any atom is -0.358 e. The summed E-state index contributed by atoms with van der Waals surface area (Å²) >= 11 is 0.992. The largest absolute Gasteiger partial charge is 0.358 e. The Morgan fingerprint density at radius 1 is 1.15 bits per heavy atom. The van der Waals surface area contributed by atoms with E-state index in [1.807, 2.05) is 29.4 Å². The molecule has 0 aromatic carbocycles. The average molecular weight is 551 g/mol. The molecule has 8 nitrogen and oxygen atoms in total. The lowest BCUT2D eigenvalue weighted by Gasteiger charge is -2.34. The molecule has 206 valence electrons. The van der Waals surface area contributed by atoms with Gasteiger partial charge in [0.2, 0.25) is 5.95 Å². The number of fused-ring (bicyclic) bond motifs is 1. The first-order chi connectivity index (χ1) is 18.8. The van der Waals surface area contributed by atoms with Crippen LogP contribution in [0.25, 0.3) is 0 Å². The van der Waals surface area contributed by atoms with Crippen LogP contribution in [0.5, 0.6) is 0 Å². The number of aromatic nitrogens is 2. The van der Waals surface area contributed by atoms with E-state index in [4.69, 9.17) is 9.72 Å². The molecule has 2 aromatic heterocycles. The highest BCUT2D eigenvalue weighted by Gasteiger charge is 2.85. The number of carbonyl (C=O) groups is 1. The molecule has 3 saturated carbocycles. The van der Waals surface area contributed by atoms with Crippen molar-refractivity contribution in [2.45, 2.75) is 75.6 Å². The molecular weight excluding hydrogens is 515 g/mol. The van der Waals surface area contributed by atoms with Crippen molar-refractivity contribution < 1.29 is 13.9 Å². The fourth-order valence-electron chi connectivity index (χ4n) is 7.35. The number of hydrogen-bond acceptors (Lipinski definition) is 8. The van der Waals surface area contributed by atoms with Crippen LogP contribution in [-0.4, -0.2) is 40.8 Å². The molecule has 1 atom stereocenters. The Hall–Kier alpha value is -2.69. The van der Waals surface area contributed by atoms with Crippen molar-refractivity contribution in [3.63, 3.8) is 0 Å². The van der Waals surface area contributed by atoms with Crippen molar-refractivity contribution in [3.8, 4) is 0 Å². The van der Waals surface area contributed by atoms with Gasteiger partial charge in [-0.3, -0.25) is 14.5 Å². The van der Waals surface area contributed by atoms with Crippen molar-refractivity contribution in [2.24, 2.45) is 16.7 Å². The number of rotatable bonds is 9. The van der Waals surface area contributed by atoms with Gasteiger partial charge in [0.05, 0.1) is 5.56 Å². The van der Waals surface area contributed by atoms with Crippen LogP contribution in [0.15, 0.2) is 47.6 Å². The summed E-state index contributed by atoms with van der Waals surface area (Å²) in [6.45, 7) is 5.94. The Bertz CT molecular complexity index is 1310. The number of anilines is 2. The molecule has 3 aliphatic carbocycles. The molecule has 4 heterocycles. The Balaban J connectivity index is 1.03. The lowest BCUT2D eigenvalue weighted by Crippen LogP contribution is -2.41. The van der Waals surface area contributed by atoms with Crippen LogP contribution in [0, 0.1) is 22.7 Å². The zero-order valence-electron chi connectivity index (χ0n) is 22.5. The number of hydrazine groups is 1. The van der Waals surface area contributed by atoms with E-state index in [0.717, 1.165) is 50.3 Å². The van der Waals surface area contributed by atoms with Crippen LogP contribution in [0.2, 0.25) is 0 Å². The number of nitrogens with zero attached hydrogens (tertiary/aromatic N) is 4. The zero-order chi connectivity index (χ0) is 26.8. The fraction of sp³-hybridized carbons (Fsp3) is 0.552. The number of amides is 1. The minimum atomic E-state index is -0.584. The predicted molar refractivity (Wildman–Crippen MR) is 148 cm³/mol. The van der Waals surface area contributed by atoms with Crippen LogP contribution in [0.3, 0.4) is 0 Å². The highest BCUT2D eigenvalue weighted by atomic mass is 32.2. The SMILES string of the molecule is CC1(C)CCCN1c1nc(N2C=CC(OCCC3C4(CC4)C34CC4)N2)ccc1C(=O)NSc1cccc(F)n1. The third-order valence-corrected chi connectivity index (χ3v) is 10.4. The molecular formula is C29H35FN6O2S. The van der Waals surface area contributed by atoms with Crippen LogP contribution in [0.4, 0.5) is 16.0 Å². The first-order valence-electron chi connectivity index (χ1n) is 14.1. The molecule has 2 spiro atoms. The van der Waals surface area contributed by atoms with E-state index in [0.29, 0.717) is 33.1 Å². The average Bonchev–Trinajstić information content (AvgIpc) is 3.87. The van der Waals surface area contributed by atoms with Crippen molar-refractivity contribution >= 4 is 29.5 Å². The number of halogens is 1. The Labute approximate surface area is 232 Å². The van der Waals surface area contributed by atoms with Crippen LogP contribution >= 0.6 is 11.9 Å². The van der Waals surface area contributed by atoms with Gasteiger partial charge in [-0.1, -0.05) is 6.07 Å². The quantitative estimate of drug-likeness (QED) is 0.326. The maximum absolute atomic E-state index is 13.5. The van der Waals surface area contributed by atoms with E-state index in [1.54, 1.807) is 12.1 Å². The van der Waals surface area contributed by atoms with Gasteiger partial charge < -0.3 is 9.64 Å². The van der Waals surface area contributed by atoms with Crippen molar-refractivity contribution in [1.29, 1.82) is 0 Å². The maximum Gasteiger partial charge on any atom is 0.265 e. The van der Waals surface area contributed by atoms with Gasteiger partial charge in [-0.2, -0.15) is 9.82 Å². The number of ether oxygens (including phenoxy) is 1. The smallest absolute Gasteiger partial charge is 0.265 e. The summed E-state index contributed by atoms with van der Waals surface area (Å²) in [7, 11) is 0. The molecule has 1 unspecified atom stereocenters. The number of carbonyl (C=O) groups excluding carboxylic acids is 1. The predicted octanol–water partition coefficient (Wildman–Crippen LogP) is 5.19. The Morgan fingerprint density at radius 3 is 2.64 bits per heavy atom. The van der Waals surface area contributed by atoms with Gasteiger partial charge in [0.25, 0.3) is 5.91 Å². The van der Waals surface area contributed by atoms with Crippen molar-refractivity contribution in [2.75, 3.05) is 23.1 Å². The number of nitrogens with one attached hydrogen (secondary N) is 2. The lowest BCUT2D eigenvalue weighted by atomic mass is 10.0. The molecule has 7 rings (SSSR count). The molecule has 2 N–H and O–H groups in total. The topological polar surface area (TPSA) is 82.6 Å². The molecule has 5 aliphatic rings. The molecule has 39 heavy (non-hydrogen) atoms. The monoisotopic (exact) mass is 550 g/mol. The molecule has 1 saturated heterocycles. The summed E-state index contributed by atoms with van der Waals surface area (Å²) in [6, 6.07) is 8.14. The third-order valence-electron chi connectivity index (χ3n) is 9.65. The third kappa shape index (κ3) is 4.40. The van der Waals surface area contributed by atoms with E-state index >= 15 is 0 Å². The second-order valence-corrected chi connectivity index (χ2v) is 13.1. The van der Waals surface area contributed by atoms with Gasteiger partial charge in [-0.05, 0) is 106 Å². The molecule has 0 bridgehead atoms. The second-order valence-electron chi connectivity index (χ2n) is 12.2. The molecule has 2 aromatic rings. The summed E-state index contributed by atoms with van der Waals surface area (Å²) < 4.78 is 22.5. The van der Waals surface area contributed by atoms with Gasteiger partial charge >= 0.3 is 0 Å². The molecule has 2 aliphatic heterocycles. The zero-order valence-corrected chi connectivity index (χ0v) is 23.3. The summed E-state index contributed by atoms with van der Waals surface area (Å²) in [5.74, 6) is 1.34. The normalized spacial score (nSPS) is 25.1. The van der Waals surface area contributed by atoms with Gasteiger partial charge in [-0.25, -0.2) is 9.97 Å². The summed E-state index contributed by atoms with van der Waals surface area (Å²) in [5.41, 5.74) is 5.16. The number of hydrogen-bond donors (Lipinski definition) is 2. The fourth-order valence-corrected chi connectivity index (χ4v) is 7.93. The van der Waals surface area contributed by atoms with E-state index in [9.17, 15) is 9.18 Å². The van der Waals surface area contributed by atoms with Crippen LogP contribution in [0.1, 0.15) is 69.2 Å². The number of pyridine rings is 2. The van der Waals surface area contributed by atoms with Gasteiger partial charge in [0.15, 0.2) is 0 Å². The summed E-state index contributed by atoms with van der Waals surface area (Å²) in [6.07, 6.45) is 12.7. The summed E-state index contributed by atoms with van der Waals surface area (Å²) in [5, 5.41) is 2.25. The second kappa shape index (κ2) is 9.17. The van der Waals surface area contributed by atoms with E-state index in [-0.39, 0.29) is 17.7 Å². The molecule has 1 amide bonds. The Morgan fingerprint density at radius 2 is 1.95 bits per heavy atom. The summed E-state index contributed by atoms with van der Waals surface area (Å²) in [4.78, 5) is 24.3. The standard InChI is InChI=1S/C29H35FN6O2S/c1-27(2)11-4-16-35(27)25-19(26(37)34-39-24-6-3-5-21(30)31-24)7-8-22(32-25)36-17-9-23(33-36)38-18-10-20-28(12-13-28)29(20)14-15-29/h3,5-9,17,20,23,33H,4,10-16,18H2,1-2H3,(H,34,37). The molecule has 4 fully saturated rings. The van der Waals surface area contributed by atoms with Gasteiger partial charge in [0.1, 0.15) is 22.9 Å². The maximum atomic E-state index is 13.5. The van der Waals surface area contributed by atoms with E-state index in [1.165, 1.54) is 31.7 Å². The highest BCUT2D eigenvalue weighted by Crippen LogP contribution is 2.93. The lowest BCUT2D eigenvalue weighted by molar-refractivity contribution is 0.0624. The molecule has 10 heteroatoms. The first-order valence-corrected chi connectivity index (χ1v) is 14.9. The van der Waals surface area contributed by atoms with Crippen molar-refractivity contribution in [3.05, 3.63) is 54.1 Å². The van der Waals surface area contributed by atoms with Gasteiger partial charge in [0, 0.05) is 36.8 Å². The van der Waals surface area contributed by atoms with Gasteiger partial charge in [-0.15, -0.1) is 0 Å². The van der Waals surface area contributed by atoms with Crippen LogP contribution < -0.4 is 20.1 Å². The van der Waals surface area contributed by atoms with Crippen LogP contribution in [-0.2, 0) is 4.74 Å². The minimum absolute atomic E-state index is 0.127. The van der Waals surface area contributed by atoms with E-state index < -0.39 is 5.95 Å².